The number of rotatable bonds is 12. The molecule has 6 aromatic rings. The van der Waals surface area contributed by atoms with Crippen molar-refractivity contribution in [2.45, 2.75) is 37.0 Å². The Labute approximate surface area is 319 Å². The Bertz CT molecular complexity index is 1460. The van der Waals surface area contributed by atoms with E-state index in [9.17, 15) is 0 Å². The van der Waals surface area contributed by atoms with Crippen LogP contribution in [-0.2, 0) is 57.4 Å². The zero-order valence-corrected chi connectivity index (χ0v) is 32.1. The molecule has 260 valence electrons. The van der Waals surface area contributed by atoms with Gasteiger partial charge in [-0.1, -0.05) is 182 Å². The third-order valence-electron chi connectivity index (χ3n) is 7.78. The van der Waals surface area contributed by atoms with E-state index in [2.05, 4.69) is 182 Å². The average Bonchev–Trinajstić information content (AvgIpc) is 3.15. The second kappa shape index (κ2) is 27.2. The van der Waals surface area contributed by atoms with Crippen LogP contribution < -0.4 is 0 Å². The van der Waals surface area contributed by atoms with Crippen LogP contribution >= 0.6 is 15.8 Å². The molecule has 0 bridgehead atoms. The molecule has 0 saturated heterocycles. The van der Waals surface area contributed by atoms with Gasteiger partial charge in [-0.3, -0.25) is 9.82 Å². The maximum atomic E-state index is 6.75. The first-order chi connectivity index (χ1) is 24.6. The normalized spacial score (nSPS) is 9.61. The number of hydrogen-bond acceptors (Lipinski definition) is 0. The molecule has 0 heterocycles. The largest absolute Gasteiger partial charge is 2.00 e. The molecule has 0 aliphatic rings. The van der Waals surface area contributed by atoms with Crippen molar-refractivity contribution in [3.63, 3.8) is 0 Å². The van der Waals surface area contributed by atoms with E-state index in [0.29, 0.717) is 0 Å². The van der Waals surface area contributed by atoms with E-state index < -0.39 is 15.8 Å². The third-order valence-corrected chi connectivity index (χ3v) is 13.2. The summed E-state index contributed by atoms with van der Waals surface area (Å²) in [7, 11) is -1.00. The van der Waals surface area contributed by atoms with Crippen LogP contribution in [0.2, 0.25) is 0 Å². The molecule has 51 heavy (non-hydrogen) atoms. The van der Waals surface area contributed by atoms with Crippen molar-refractivity contribution in [3.05, 3.63) is 247 Å². The van der Waals surface area contributed by atoms with Gasteiger partial charge in [0.25, 0.3) is 0 Å². The van der Waals surface area contributed by atoms with Gasteiger partial charge in [0.2, 0.25) is 0 Å². The molecule has 0 spiro atoms. The van der Waals surface area contributed by atoms with Gasteiger partial charge < -0.3 is 22.1 Å². The molecule has 0 atom stereocenters. The predicted molar refractivity (Wildman–Crippen MR) is 218 cm³/mol. The zero-order chi connectivity index (χ0) is 35.5. The monoisotopic (exact) mass is 800 g/mol. The summed E-state index contributed by atoms with van der Waals surface area (Å²) in [5, 5.41) is 0. The van der Waals surface area contributed by atoms with Crippen molar-refractivity contribution in [1.82, 2.24) is 0 Å². The summed E-state index contributed by atoms with van der Waals surface area (Å²) in [5.41, 5.74) is 35.9. The molecule has 0 fully saturated rings. The minimum absolute atomic E-state index is 0. The molecule has 0 aliphatic heterocycles. The van der Waals surface area contributed by atoms with E-state index in [1.165, 1.54) is 80.2 Å². The molecular formula is C42H44N6P2Pd+2. The van der Waals surface area contributed by atoms with Crippen LogP contribution in [0.1, 0.15) is 33.4 Å². The fourth-order valence-electron chi connectivity index (χ4n) is 5.68. The zero-order valence-electron chi connectivity index (χ0n) is 28.6. The summed E-state index contributed by atoms with van der Waals surface area (Å²) in [6.07, 6.45) is 7.39. The standard InChI is InChI=1S/2C21H21P.2N3.Pd/c2*1-4-10-19(11-5-1)16-22(17-20-12-6-2-7-13-20)18-21-14-8-3-9-15-21;2*1-3-2;/h2*1-15H,16-18H2;;;/q;;2*-1;+2/p+2. The molecule has 0 saturated carbocycles. The van der Waals surface area contributed by atoms with Gasteiger partial charge in [-0.05, 0) is 33.4 Å². The van der Waals surface area contributed by atoms with Crippen LogP contribution in [0, 0.1) is 0 Å². The molecule has 9 heteroatoms. The number of hydrogen-bond donors (Lipinski definition) is 0. The molecule has 6 nitrogen and oxygen atoms in total. The van der Waals surface area contributed by atoms with Crippen molar-refractivity contribution in [3.8, 4) is 0 Å². The average molecular weight is 801 g/mol. The van der Waals surface area contributed by atoms with Gasteiger partial charge in [0, 0.05) is 15.8 Å². The van der Waals surface area contributed by atoms with Gasteiger partial charge in [-0.2, -0.15) is 0 Å². The Morgan fingerprint density at radius 1 is 0.275 bits per heavy atom. The summed E-state index contributed by atoms with van der Waals surface area (Å²) in [4.78, 5) is 3.00. The van der Waals surface area contributed by atoms with E-state index in [4.69, 9.17) is 22.1 Å². The summed E-state index contributed by atoms with van der Waals surface area (Å²) in [5.74, 6) is 0. The van der Waals surface area contributed by atoms with Crippen LogP contribution in [0.5, 0.6) is 0 Å². The maximum absolute atomic E-state index is 6.75. The Kier molecular flexibility index (Phi) is 22.8. The molecule has 0 aliphatic carbocycles. The van der Waals surface area contributed by atoms with Gasteiger partial charge in [0.1, 0.15) is 0 Å². The van der Waals surface area contributed by atoms with Gasteiger partial charge in [0.05, 0.1) is 37.0 Å². The third kappa shape index (κ3) is 18.9. The van der Waals surface area contributed by atoms with E-state index in [0.717, 1.165) is 0 Å². The second-order valence-electron chi connectivity index (χ2n) is 11.7. The molecule has 0 radical (unpaired) electrons. The quantitative estimate of drug-likeness (QED) is 0.0385. The SMILES string of the molecule is [N-]=[N+]=[N-].[N-]=[N+]=[N-].[Pd+2].c1ccc(C[PH+](Cc2ccccc2)Cc2ccccc2)cc1.c1ccc(C[PH+](Cc2ccccc2)Cc2ccccc2)cc1. The van der Waals surface area contributed by atoms with Gasteiger partial charge in [-0.25, -0.2) is 0 Å². The molecule has 0 unspecified atom stereocenters. The first kappa shape index (κ1) is 42.6. The molecule has 0 N–H and O–H groups in total. The van der Waals surface area contributed by atoms with Crippen LogP contribution in [-0.4, -0.2) is 0 Å². The Balaban J connectivity index is 0.000000301. The van der Waals surface area contributed by atoms with Crippen molar-refractivity contribution < 1.29 is 20.4 Å². The van der Waals surface area contributed by atoms with Gasteiger partial charge >= 0.3 is 20.4 Å². The van der Waals surface area contributed by atoms with E-state index in [1.54, 1.807) is 0 Å². The Morgan fingerprint density at radius 2 is 0.392 bits per heavy atom. The Morgan fingerprint density at radius 3 is 0.510 bits per heavy atom. The Hall–Kier alpha value is -4.54. The molecule has 0 aromatic heterocycles. The van der Waals surface area contributed by atoms with Gasteiger partial charge in [0.15, 0.2) is 0 Å². The van der Waals surface area contributed by atoms with Crippen molar-refractivity contribution in [2.24, 2.45) is 0 Å². The smallest absolute Gasteiger partial charge is 0.373 e. The first-order valence-electron chi connectivity index (χ1n) is 16.5. The van der Waals surface area contributed by atoms with Crippen LogP contribution in [0.15, 0.2) is 182 Å². The minimum Gasteiger partial charge on any atom is -0.373 e. The molecule has 6 aromatic carbocycles. The first-order valence-corrected chi connectivity index (χ1v) is 20.7. The van der Waals surface area contributed by atoms with Crippen LogP contribution in [0.3, 0.4) is 0 Å². The summed E-state index contributed by atoms with van der Waals surface area (Å²) in [6.45, 7) is 0. The summed E-state index contributed by atoms with van der Waals surface area (Å²) in [6, 6.07) is 65.6. The molecular weight excluding hydrogens is 757 g/mol. The van der Waals surface area contributed by atoms with E-state index in [1.807, 2.05) is 0 Å². The van der Waals surface area contributed by atoms with Crippen molar-refractivity contribution in [1.29, 1.82) is 0 Å². The summed E-state index contributed by atoms with van der Waals surface area (Å²) >= 11 is 0. The topological polar surface area (TPSA) is 117 Å². The predicted octanol–water partition coefficient (Wildman–Crippen LogP) is 13.3. The van der Waals surface area contributed by atoms with Crippen LogP contribution in [0.4, 0.5) is 0 Å². The van der Waals surface area contributed by atoms with Gasteiger partial charge in [-0.15, -0.1) is 0 Å². The summed E-state index contributed by atoms with van der Waals surface area (Å²) < 4.78 is 0. The second-order valence-corrected chi connectivity index (χ2v) is 16.8. The van der Waals surface area contributed by atoms with Crippen LogP contribution in [0.25, 0.3) is 31.9 Å². The fourth-order valence-corrected chi connectivity index (χ4v) is 11.3. The minimum atomic E-state index is -0.502. The number of nitrogens with zero attached hydrogens (tertiary/aromatic N) is 6. The van der Waals surface area contributed by atoms with Crippen molar-refractivity contribution >= 4 is 15.8 Å². The maximum Gasteiger partial charge on any atom is 2.00 e. The molecule has 6 rings (SSSR count). The molecule has 0 amide bonds. The van der Waals surface area contributed by atoms with E-state index >= 15 is 0 Å². The van der Waals surface area contributed by atoms with Crippen molar-refractivity contribution in [2.75, 3.05) is 0 Å². The number of benzene rings is 6. The van der Waals surface area contributed by atoms with E-state index in [-0.39, 0.29) is 20.4 Å². The fraction of sp³-hybridized carbons (Fsp3) is 0.143.